The standard InChI is InChI=1S/C23H34N2O6S/c1-6-7-8-9-19-10-11-22-20(12-19)31-21(14-24(4)23(27)16-30-5)17(2)13-25(18(3)15-26)32(22,28)29/h10-12,17-18,21,26H,6-7,13-16H2,1-5H3/t17-,18+,21+/m0/s1. The minimum Gasteiger partial charge on any atom is -0.487 e. The molecule has 1 heterocycles. The summed E-state index contributed by atoms with van der Waals surface area (Å²) in [5.74, 6) is 5.86. The number of amides is 1. The minimum atomic E-state index is -3.91. The van der Waals surface area contributed by atoms with E-state index in [4.69, 9.17) is 9.47 Å². The average Bonchev–Trinajstić information content (AvgIpc) is 2.75. The molecule has 0 bridgehead atoms. The lowest BCUT2D eigenvalue weighted by Crippen LogP contribution is -2.50. The van der Waals surface area contributed by atoms with Crippen LogP contribution in [-0.2, 0) is 19.6 Å². The van der Waals surface area contributed by atoms with E-state index in [1.165, 1.54) is 22.4 Å². The Morgan fingerprint density at radius 3 is 2.78 bits per heavy atom. The van der Waals surface area contributed by atoms with Crippen molar-refractivity contribution >= 4 is 15.9 Å². The molecule has 2 rings (SSSR count). The van der Waals surface area contributed by atoms with Crippen LogP contribution in [0.2, 0.25) is 0 Å². The molecular formula is C23H34N2O6S. The van der Waals surface area contributed by atoms with Gasteiger partial charge in [0.2, 0.25) is 15.9 Å². The van der Waals surface area contributed by atoms with Crippen molar-refractivity contribution in [3.8, 4) is 17.6 Å². The predicted molar refractivity (Wildman–Crippen MR) is 122 cm³/mol. The number of hydrogen-bond acceptors (Lipinski definition) is 6. The van der Waals surface area contributed by atoms with Gasteiger partial charge < -0.3 is 19.5 Å². The van der Waals surface area contributed by atoms with Crippen molar-refractivity contribution in [3.05, 3.63) is 23.8 Å². The number of likely N-dealkylation sites (N-methyl/N-ethyl adjacent to an activating group) is 1. The summed E-state index contributed by atoms with van der Waals surface area (Å²) < 4.78 is 39.3. The van der Waals surface area contributed by atoms with Crippen LogP contribution in [0, 0.1) is 17.8 Å². The molecule has 1 aliphatic rings. The fourth-order valence-corrected chi connectivity index (χ4v) is 5.24. The zero-order chi connectivity index (χ0) is 23.9. The van der Waals surface area contributed by atoms with E-state index in [1.54, 1.807) is 26.1 Å². The van der Waals surface area contributed by atoms with Crippen molar-refractivity contribution in [1.29, 1.82) is 0 Å². The molecule has 9 heteroatoms. The summed E-state index contributed by atoms with van der Waals surface area (Å²) in [7, 11) is -0.789. The van der Waals surface area contributed by atoms with Crippen molar-refractivity contribution in [2.75, 3.05) is 40.5 Å². The number of benzene rings is 1. The lowest BCUT2D eigenvalue weighted by Gasteiger charge is -2.37. The van der Waals surface area contributed by atoms with Gasteiger partial charge in [-0.2, -0.15) is 4.31 Å². The number of sulfonamides is 1. The second-order valence-electron chi connectivity index (χ2n) is 8.16. The highest BCUT2D eigenvalue weighted by molar-refractivity contribution is 7.89. The molecule has 0 fully saturated rings. The second kappa shape index (κ2) is 11.7. The van der Waals surface area contributed by atoms with Gasteiger partial charge in [-0.15, -0.1) is 0 Å². The largest absolute Gasteiger partial charge is 0.487 e. The topological polar surface area (TPSA) is 96.4 Å². The molecule has 0 saturated heterocycles. The van der Waals surface area contributed by atoms with Crippen molar-refractivity contribution in [1.82, 2.24) is 9.21 Å². The van der Waals surface area contributed by atoms with Gasteiger partial charge in [0.1, 0.15) is 23.4 Å². The van der Waals surface area contributed by atoms with Gasteiger partial charge in [-0.25, -0.2) is 8.42 Å². The smallest absolute Gasteiger partial charge is 0.248 e. The van der Waals surface area contributed by atoms with E-state index < -0.39 is 22.2 Å². The molecule has 0 saturated carbocycles. The zero-order valence-electron chi connectivity index (χ0n) is 19.5. The molecule has 0 aromatic heterocycles. The Kier molecular flexibility index (Phi) is 9.52. The zero-order valence-corrected chi connectivity index (χ0v) is 20.3. The van der Waals surface area contributed by atoms with Crippen LogP contribution in [0.4, 0.5) is 0 Å². The van der Waals surface area contributed by atoms with Crippen LogP contribution in [-0.4, -0.2) is 81.2 Å². The third-order valence-electron chi connectivity index (χ3n) is 5.42. The first-order valence-corrected chi connectivity index (χ1v) is 12.2. The Balaban J connectivity index is 2.52. The number of hydrogen-bond donors (Lipinski definition) is 1. The van der Waals surface area contributed by atoms with Crippen molar-refractivity contribution in [2.24, 2.45) is 5.92 Å². The van der Waals surface area contributed by atoms with E-state index in [1.807, 2.05) is 13.8 Å². The van der Waals surface area contributed by atoms with Crippen LogP contribution in [0.1, 0.15) is 39.2 Å². The number of aliphatic hydroxyl groups is 1. The second-order valence-corrected chi connectivity index (χ2v) is 10.0. The van der Waals surface area contributed by atoms with Crippen molar-refractivity contribution in [2.45, 2.75) is 50.7 Å². The number of rotatable bonds is 7. The third kappa shape index (κ3) is 6.23. The molecule has 1 aromatic carbocycles. The SMILES string of the molecule is CCCC#Cc1ccc2c(c1)O[C@H](CN(C)C(=O)COC)[C@@H](C)CN([C@H](C)CO)S2(=O)=O. The van der Waals surface area contributed by atoms with Gasteiger partial charge in [0.05, 0.1) is 13.2 Å². The monoisotopic (exact) mass is 466 g/mol. The number of nitrogens with zero attached hydrogens (tertiary/aromatic N) is 2. The molecule has 1 N–H and O–H groups in total. The predicted octanol–water partition coefficient (Wildman–Crippen LogP) is 1.71. The lowest BCUT2D eigenvalue weighted by molar-refractivity contribution is -0.135. The molecule has 178 valence electrons. The average molecular weight is 467 g/mol. The van der Waals surface area contributed by atoms with E-state index in [0.29, 0.717) is 5.56 Å². The summed E-state index contributed by atoms with van der Waals surface area (Å²) in [6.45, 7) is 5.64. The molecule has 0 unspecified atom stereocenters. The molecule has 1 amide bonds. The van der Waals surface area contributed by atoms with Crippen LogP contribution in [0.15, 0.2) is 23.1 Å². The summed E-state index contributed by atoms with van der Waals surface area (Å²) in [5, 5.41) is 9.70. The Morgan fingerprint density at radius 1 is 1.44 bits per heavy atom. The van der Waals surface area contributed by atoms with Gasteiger partial charge in [-0.3, -0.25) is 4.79 Å². The molecular weight excluding hydrogens is 432 g/mol. The fraction of sp³-hybridized carbons (Fsp3) is 0.609. The van der Waals surface area contributed by atoms with E-state index in [0.717, 1.165) is 12.8 Å². The van der Waals surface area contributed by atoms with Crippen LogP contribution in [0.25, 0.3) is 0 Å². The highest BCUT2D eigenvalue weighted by Crippen LogP contribution is 2.34. The van der Waals surface area contributed by atoms with Gasteiger partial charge in [0.15, 0.2) is 0 Å². The van der Waals surface area contributed by atoms with E-state index in [9.17, 15) is 18.3 Å². The summed E-state index contributed by atoms with van der Waals surface area (Å²) in [6, 6.07) is 4.20. The Morgan fingerprint density at radius 2 is 2.16 bits per heavy atom. The molecule has 0 radical (unpaired) electrons. The quantitative estimate of drug-likeness (QED) is 0.615. The molecule has 32 heavy (non-hydrogen) atoms. The maximum atomic E-state index is 13.4. The summed E-state index contributed by atoms with van der Waals surface area (Å²) in [4.78, 5) is 13.8. The van der Waals surface area contributed by atoms with E-state index in [2.05, 4.69) is 11.8 Å². The molecule has 1 aliphatic heterocycles. The number of carbonyl (C=O) groups excluding carboxylic acids is 1. The van der Waals surface area contributed by atoms with Gasteiger partial charge >= 0.3 is 0 Å². The first-order chi connectivity index (χ1) is 15.1. The normalized spacial score (nSPS) is 21.2. The Labute approximate surface area is 191 Å². The number of unbranched alkanes of at least 4 members (excludes halogenated alkanes) is 1. The van der Waals surface area contributed by atoms with Crippen LogP contribution < -0.4 is 4.74 Å². The van der Waals surface area contributed by atoms with Crippen molar-refractivity contribution in [3.63, 3.8) is 0 Å². The van der Waals surface area contributed by atoms with Crippen LogP contribution >= 0.6 is 0 Å². The van der Waals surface area contributed by atoms with Crippen molar-refractivity contribution < 1.29 is 27.8 Å². The van der Waals surface area contributed by atoms with Gasteiger partial charge in [0, 0.05) is 44.6 Å². The summed E-state index contributed by atoms with van der Waals surface area (Å²) in [6.07, 6.45) is 1.20. The molecule has 3 atom stereocenters. The minimum absolute atomic E-state index is 0.0293. The Hall–Kier alpha value is -2.12. The Bertz CT molecular complexity index is 953. The fourth-order valence-electron chi connectivity index (χ4n) is 3.42. The van der Waals surface area contributed by atoms with E-state index >= 15 is 0 Å². The maximum absolute atomic E-state index is 13.4. The number of ether oxygens (including phenoxy) is 2. The highest BCUT2D eigenvalue weighted by atomic mass is 32.2. The molecule has 8 nitrogen and oxygen atoms in total. The van der Waals surface area contributed by atoms with E-state index in [-0.39, 0.29) is 48.8 Å². The first-order valence-electron chi connectivity index (χ1n) is 10.8. The van der Waals surface area contributed by atoms with Gasteiger partial charge in [-0.1, -0.05) is 25.7 Å². The van der Waals surface area contributed by atoms with Gasteiger partial charge in [-0.05, 0) is 31.5 Å². The number of methoxy groups -OCH3 is 1. The molecule has 0 aliphatic carbocycles. The highest BCUT2D eigenvalue weighted by Gasteiger charge is 2.38. The number of aliphatic hydroxyl groups excluding tert-OH is 1. The summed E-state index contributed by atoms with van der Waals surface area (Å²) >= 11 is 0. The third-order valence-corrected chi connectivity index (χ3v) is 7.44. The number of fused-ring (bicyclic) bond motifs is 1. The molecule has 1 aromatic rings. The van der Waals surface area contributed by atoms with Gasteiger partial charge in [0.25, 0.3) is 0 Å². The number of carbonyl (C=O) groups is 1. The lowest BCUT2D eigenvalue weighted by atomic mass is 10.0. The summed E-state index contributed by atoms with van der Waals surface area (Å²) in [5.41, 5.74) is 0.657. The first kappa shape index (κ1) is 26.1. The maximum Gasteiger partial charge on any atom is 0.248 e. The van der Waals surface area contributed by atoms with Crippen LogP contribution in [0.5, 0.6) is 5.75 Å². The van der Waals surface area contributed by atoms with Crippen LogP contribution in [0.3, 0.4) is 0 Å². The molecule has 0 spiro atoms.